The van der Waals surface area contributed by atoms with Crippen LogP contribution in [0.5, 0.6) is 5.75 Å². The van der Waals surface area contributed by atoms with Crippen molar-refractivity contribution in [3.63, 3.8) is 0 Å². The number of fused-ring (bicyclic) bond motifs is 1. The van der Waals surface area contributed by atoms with Crippen LogP contribution in [0.3, 0.4) is 0 Å². The smallest absolute Gasteiger partial charge is 0.278 e. The SMILES string of the molecule is COc1ccc(Cn2nc(C(=O)N(C)CCO)c(=O)c3ccccc32)cc1. The number of aliphatic hydroxyl groups excluding tert-OH is 1. The van der Waals surface area contributed by atoms with Crippen molar-refractivity contribution >= 4 is 16.8 Å². The van der Waals surface area contributed by atoms with Crippen LogP contribution in [-0.2, 0) is 6.54 Å². The molecule has 0 fully saturated rings. The van der Waals surface area contributed by atoms with Gasteiger partial charge in [-0.05, 0) is 29.8 Å². The lowest BCUT2D eigenvalue weighted by molar-refractivity contribution is 0.0757. The number of aliphatic hydroxyl groups is 1. The van der Waals surface area contributed by atoms with E-state index in [2.05, 4.69) is 5.10 Å². The fraction of sp³-hybridized carbons (Fsp3) is 0.250. The lowest BCUT2D eigenvalue weighted by Gasteiger charge is -2.17. The highest BCUT2D eigenvalue weighted by molar-refractivity contribution is 5.95. The maximum Gasteiger partial charge on any atom is 0.278 e. The summed E-state index contributed by atoms with van der Waals surface area (Å²) in [7, 11) is 3.13. The minimum absolute atomic E-state index is 0.130. The number of carbonyl (C=O) groups excluding carboxylic acids is 1. The topological polar surface area (TPSA) is 84.7 Å². The number of aromatic nitrogens is 2. The van der Waals surface area contributed by atoms with Crippen molar-refractivity contribution in [1.82, 2.24) is 14.7 Å². The normalized spacial score (nSPS) is 10.8. The number of hydrogen-bond acceptors (Lipinski definition) is 5. The molecule has 27 heavy (non-hydrogen) atoms. The number of carbonyl (C=O) groups is 1. The van der Waals surface area contributed by atoms with E-state index in [-0.39, 0.29) is 18.8 Å². The van der Waals surface area contributed by atoms with E-state index >= 15 is 0 Å². The van der Waals surface area contributed by atoms with Gasteiger partial charge in [0.25, 0.3) is 5.91 Å². The summed E-state index contributed by atoms with van der Waals surface area (Å²) in [6.45, 7) is 0.343. The average Bonchev–Trinajstić information content (AvgIpc) is 2.70. The second-order valence-corrected chi connectivity index (χ2v) is 6.15. The third-order valence-corrected chi connectivity index (χ3v) is 4.34. The maximum absolute atomic E-state index is 12.8. The molecule has 140 valence electrons. The third kappa shape index (κ3) is 3.83. The van der Waals surface area contributed by atoms with Gasteiger partial charge in [0.1, 0.15) is 5.75 Å². The van der Waals surface area contributed by atoms with Crippen molar-refractivity contribution in [2.45, 2.75) is 6.54 Å². The molecule has 0 atom stereocenters. The predicted octanol–water partition coefficient (Wildman–Crippen LogP) is 1.52. The van der Waals surface area contributed by atoms with Crippen molar-refractivity contribution in [1.29, 1.82) is 0 Å². The monoisotopic (exact) mass is 367 g/mol. The summed E-state index contributed by atoms with van der Waals surface area (Å²) in [5.74, 6) is 0.237. The number of amides is 1. The van der Waals surface area contributed by atoms with Crippen molar-refractivity contribution in [3.8, 4) is 5.75 Å². The summed E-state index contributed by atoms with van der Waals surface area (Å²) in [5, 5.41) is 13.8. The molecule has 0 saturated heterocycles. The van der Waals surface area contributed by atoms with Crippen LogP contribution in [0.25, 0.3) is 10.9 Å². The van der Waals surface area contributed by atoms with Crippen LogP contribution in [0, 0.1) is 0 Å². The Bertz CT molecular complexity index is 1010. The molecule has 1 aromatic heterocycles. The highest BCUT2D eigenvalue weighted by atomic mass is 16.5. The number of hydrogen-bond donors (Lipinski definition) is 1. The lowest BCUT2D eigenvalue weighted by atomic mass is 10.1. The molecule has 0 spiro atoms. The van der Waals surface area contributed by atoms with E-state index in [4.69, 9.17) is 9.84 Å². The summed E-state index contributed by atoms with van der Waals surface area (Å²) < 4.78 is 6.82. The summed E-state index contributed by atoms with van der Waals surface area (Å²) in [6.07, 6.45) is 0. The Hall–Kier alpha value is -3.19. The molecule has 0 aliphatic carbocycles. The molecule has 0 radical (unpaired) electrons. The Morgan fingerprint density at radius 3 is 2.56 bits per heavy atom. The van der Waals surface area contributed by atoms with Crippen LogP contribution in [0.15, 0.2) is 53.3 Å². The van der Waals surface area contributed by atoms with Gasteiger partial charge in [0.15, 0.2) is 5.69 Å². The minimum Gasteiger partial charge on any atom is -0.497 e. The van der Waals surface area contributed by atoms with Crippen LogP contribution in [-0.4, -0.2) is 53.0 Å². The van der Waals surface area contributed by atoms with Gasteiger partial charge in [-0.1, -0.05) is 24.3 Å². The number of nitrogens with zero attached hydrogens (tertiary/aromatic N) is 3. The molecule has 0 aliphatic rings. The number of benzene rings is 2. The van der Waals surface area contributed by atoms with Crippen molar-refractivity contribution in [2.24, 2.45) is 0 Å². The standard InChI is InChI=1S/C20H21N3O4/c1-22(11-12-24)20(26)18-19(25)16-5-3-4-6-17(16)23(21-18)13-14-7-9-15(27-2)10-8-14/h3-10,24H,11-13H2,1-2H3. The Labute approximate surface area is 156 Å². The minimum atomic E-state index is -0.511. The van der Waals surface area contributed by atoms with Gasteiger partial charge in [-0.25, -0.2) is 0 Å². The van der Waals surface area contributed by atoms with Gasteiger partial charge in [-0.2, -0.15) is 5.10 Å². The van der Waals surface area contributed by atoms with Crippen LogP contribution in [0.4, 0.5) is 0 Å². The molecule has 3 rings (SSSR count). The quantitative estimate of drug-likeness (QED) is 0.714. The maximum atomic E-state index is 12.8. The van der Waals surface area contributed by atoms with Gasteiger partial charge in [0.2, 0.25) is 5.43 Å². The number of methoxy groups -OCH3 is 1. The van der Waals surface area contributed by atoms with E-state index < -0.39 is 11.3 Å². The fourth-order valence-electron chi connectivity index (χ4n) is 2.83. The molecule has 2 aromatic carbocycles. The Kier molecular flexibility index (Phi) is 5.52. The molecule has 1 N–H and O–H groups in total. The van der Waals surface area contributed by atoms with Gasteiger partial charge in [0.05, 0.1) is 25.8 Å². The highest BCUT2D eigenvalue weighted by Crippen LogP contribution is 2.15. The zero-order valence-corrected chi connectivity index (χ0v) is 15.3. The molecule has 1 amide bonds. The largest absolute Gasteiger partial charge is 0.497 e. The van der Waals surface area contributed by atoms with Gasteiger partial charge in [-0.15, -0.1) is 0 Å². The molecule has 1 heterocycles. The van der Waals surface area contributed by atoms with Gasteiger partial charge in [0, 0.05) is 19.0 Å². The number of para-hydroxylation sites is 1. The summed E-state index contributed by atoms with van der Waals surface area (Å²) in [6, 6.07) is 14.6. The van der Waals surface area contributed by atoms with Crippen LogP contribution >= 0.6 is 0 Å². The van der Waals surface area contributed by atoms with Crippen LogP contribution in [0.2, 0.25) is 0 Å². The van der Waals surface area contributed by atoms with Gasteiger partial charge >= 0.3 is 0 Å². The Morgan fingerprint density at radius 1 is 1.19 bits per heavy atom. The van der Waals surface area contributed by atoms with E-state index in [9.17, 15) is 9.59 Å². The van der Waals surface area contributed by atoms with E-state index in [0.29, 0.717) is 17.4 Å². The second kappa shape index (κ2) is 8.01. The van der Waals surface area contributed by atoms with Crippen molar-refractivity contribution < 1.29 is 14.6 Å². The Balaban J connectivity index is 2.09. The van der Waals surface area contributed by atoms with Crippen LogP contribution < -0.4 is 10.2 Å². The molecule has 0 aliphatic heterocycles. The first-order chi connectivity index (χ1) is 13.0. The molecule has 7 nitrogen and oxygen atoms in total. The summed E-state index contributed by atoms with van der Waals surface area (Å²) >= 11 is 0. The zero-order valence-electron chi connectivity index (χ0n) is 15.3. The molecule has 0 unspecified atom stereocenters. The van der Waals surface area contributed by atoms with E-state index in [1.54, 1.807) is 30.0 Å². The molecule has 0 saturated carbocycles. The van der Waals surface area contributed by atoms with Gasteiger partial charge < -0.3 is 14.7 Å². The predicted molar refractivity (Wildman–Crippen MR) is 102 cm³/mol. The second-order valence-electron chi connectivity index (χ2n) is 6.15. The molecular weight excluding hydrogens is 346 g/mol. The molecule has 7 heteroatoms. The Morgan fingerprint density at radius 2 is 1.89 bits per heavy atom. The third-order valence-electron chi connectivity index (χ3n) is 4.34. The molecule has 0 bridgehead atoms. The number of ether oxygens (including phenoxy) is 1. The zero-order chi connectivity index (χ0) is 19.4. The first kappa shape index (κ1) is 18.6. The van der Waals surface area contributed by atoms with Crippen molar-refractivity contribution in [2.75, 3.05) is 27.3 Å². The molecular formula is C20H21N3O4. The van der Waals surface area contributed by atoms with E-state index in [1.807, 2.05) is 30.3 Å². The highest BCUT2D eigenvalue weighted by Gasteiger charge is 2.20. The van der Waals surface area contributed by atoms with E-state index in [0.717, 1.165) is 11.3 Å². The summed E-state index contributed by atoms with van der Waals surface area (Å²) in [4.78, 5) is 26.7. The van der Waals surface area contributed by atoms with Gasteiger partial charge in [-0.3, -0.25) is 14.3 Å². The molecule has 3 aromatic rings. The van der Waals surface area contributed by atoms with Crippen molar-refractivity contribution in [3.05, 3.63) is 70.0 Å². The average molecular weight is 367 g/mol. The van der Waals surface area contributed by atoms with E-state index in [1.165, 1.54) is 11.9 Å². The first-order valence-electron chi connectivity index (χ1n) is 8.54. The fourth-order valence-corrected chi connectivity index (χ4v) is 2.83. The number of likely N-dealkylation sites (N-methyl/N-ethyl adjacent to an activating group) is 1. The van der Waals surface area contributed by atoms with Crippen LogP contribution in [0.1, 0.15) is 16.1 Å². The lowest BCUT2D eigenvalue weighted by Crippen LogP contribution is -2.35. The first-order valence-corrected chi connectivity index (χ1v) is 8.54. The summed E-state index contributed by atoms with van der Waals surface area (Å²) in [5.41, 5.74) is 1.04. The number of rotatable bonds is 6.